The molecule has 0 saturated heterocycles. The predicted molar refractivity (Wildman–Crippen MR) is 47.7 cm³/mol. The zero-order chi connectivity index (χ0) is 7.56. The maximum Gasteiger partial charge on any atom is 0.0914 e. The van der Waals surface area contributed by atoms with Crippen LogP contribution in [0, 0.1) is 13.8 Å². The summed E-state index contributed by atoms with van der Waals surface area (Å²) in [7, 11) is 0. The molecule has 1 heterocycles. The fourth-order valence-electron chi connectivity index (χ4n) is 0.787. The second kappa shape index (κ2) is 3.06. The summed E-state index contributed by atoms with van der Waals surface area (Å²) in [5.41, 5.74) is 2.42. The number of hydrogen-bond donors (Lipinski definition) is 1. The molecule has 0 amide bonds. The number of rotatable bonds is 2. The zero-order valence-corrected chi connectivity index (χ0v) is 7.22. The Morgan fingerprint density at radius 2 is 2.40 bits per heavy atom. The zero-order valence-electron chi connectivity index (χ0n) is 6.40. The number of anilines is 1. The molecule has 0 atom stereocenters. The predicted octanol–water partition coefficient (Wildman–Crippen LogP) is 2.67. The largest absolute Gasteiger partial charge is 0.377 e. The minimum atomic E-state index is 0.987. The summed E-state index contributed by atoms with van der Waals surface area (Å²) in [4.78, 5) is 0. The third-order valence-electron chi connectivity index (χ3n) is 1.48. The average Bonchev–Trinajstić information content (AvgIpc) is 2.20. The summed E-state index contributed by atoms with van der Waals surface area (Å²) in [6.45, 7) is 9.07. The highest BCUT2D eigenvalue weighted by Gasteiger charge is 2.00. The highest BCUT2D eigenvalue weighted by atomic mass is 32.1. The first-order valence-electron chi connectivity index (χ1n) is 3.39. The van der Waals surface area contributed by atoms with Crippen molar-refractivity contribution in [2.45, 2.75) is 13.8 Å². The van der Waals surface area contributed by atoms with Crippen molar-refractivity contribution in [3.63, 3.8) is 0 Å². The number of thiophene rings is 1. The van der Waals surface area contributed by atoms with Gasteiger partial charge in [0.25, 0.3) is 0 Å². The summed E-state index contributed by atoms with van der Waals surface area (Å²) in [6, 6.07) is 0. The van der Waals surface area contributed by atoms with Gasteiger partial charge in [-0.3, -0.25) is 0 Å². The summed E-state index contributed by atoms with van der Waals surface area (Å²) in [5, 5.41) is 6.61. The first kappa shape index (κ1) is 7.61. The molecule has 1 radical (unpaired) electrons. The normalized spacial score (nSPS) is 9.90. The molecule has 10 heavy (non-hydrogen) atoms. The molecule has 2 heteroatoms. The first-order valence-corrected chi connectivity index (χ1v) is 4.27. The molecule has 0 spiro atoms. The SMILES string of the molecule is [CH2]c1csc(NCC)c1C. The van der Waals surface area contributed by atoms with Gasteiger partial charge < -0.3 is 5.32 Å². The molecule has 0 unspecified atom stereocenters. The van der Waals surface area contributed by atoms with Crippen LogP contribution in [-0.4, -0.2) is 6.54 Å². The topological polar surface area (TPSA) is 12.0 Å². The highest BCUT2D eigenvalue weighted by Crippen LogP contribution is 2.25. The maximum absolute atomic E-state index is 3.89. The van der Waals surface area contributed by atoms with E-state index in [1.165, 1.54) is 10.6 Å². The van der Waals surface area contributed by atoms with Crippen molar-refractivity contribution in [2.24, 2.45) is 0 Å². The van der Waals surface area contributed by atoms with Gasteiger partial charge in [0.2, 0.25) is 0 Å². The summed E-state index contributed by atoms with van der Waals surface area (Å²) in [6.07, 6.45) is 0. The van der Waals surface area contributed by atoms with Crippen LogP contribution >= 0.6 is 11.3 Å². The smallest absolute Gasteiger partial charge is 0.0914 e. The van der Waals surface area contributed by atoms with Gasteiger partial charge >= 0.3 is 0 Å². The molecule has 1 nitrogen and oxygen atoms in total. The fraction of sp³-hybridized carbons (Fsp3) is 0.375. The van der Waals surface area contributed by atoms with Crippen LogP contribution in [0.15, 0.2) is 5.38 Å². The lowest BCUT2D eigenvalue weighted by Gasteiger charge is -1.99. The van der Waals surface area contributed by atoms with Crippen molar-refractivity contribution in [2.75, 3.05) is 11.9 Å². The van der Waals surface area contributed by atoms with Gasteiger partial charge in [0, 0.05) is 6.54 Å². The molecule has 55 valence electrons. The number of nitrogens with one attached hydrogen (secondary N) is 1. The molecule has 1 N–H and O–H groups in total. The molecule has 1 rings (SSSR count). The Morgan fingerprint density at radius 1 is 1.70 bits per heavy atom. The molecule has 0 bridgehead atoms. The van der Waals surface area contributed by atoms with Crippen molar-refractivity contribution in [1.29, 1.82) is 0 Å². The van der Waals surface area contributed by atoms with Crippen molar-refractivity contribution in [3.05, 3.63) is 23.4 Å². The van der Waals surface area contributed by atoms with Crippen LogP contribution in [0.1, 0.15) is 18.1 Å². The van der Waals surface area contributed by atoms with Crippen molar-refractivity contribution < 1.29 is 0 Å². The van der Waals surface area contributed by atoms with Crippen LogP contribution in [0.25, 0.3) is 0 Å². The molecule has 0 saturated carbocycles. The minimum Gasteiger partial charge on any atom is -0.377 e. The molecule has 0 aliphatic rings. The molecular formula is C8H12NS. The second-order valence-corrected chi connectivity index (χ2v) is 3.13. The monoisotopic (exact) mass is 154 g/mol. The Kier molecular flexibility index (Phi) is 2.33. The lowest BCUT2D eigenvalue weighted by atomic mass is 10.2. The van der Waals surface area contributed by atoms with E-state index in [0.717, 1.165) is 12.1 Å². The molecule has 0 aliphatic heterocycles. The maximum atomic E-state index is 3.89. The quantitative estimate of drug-likeness (QED) is 0.690. The number of hydrogen-bond acceptors (Lipinski definition) is 2. The van der Waals surface area contributed by atoms with E-state index in [0.29, 0.717) is 0 Å². The molecule has 0 fully saturated rings. The van der Waals surface area contributed by atoms with E-state index in [1.54, 1.807) is 11.3 Å². The summed E-state index contributed by atoms with van der Waals surface area (Å²) >= 11 is 1.73. The van der Waals surface area contributed by atoms with Crippen LogP contribution in [0.2, 0.25) is 0 Å². The third kappa shape index (κ3) is 1.32. The molecule has 1 aromatic rings. The Balaban J connectivity index is 2.83. The van der Waals surface area contributed by atoms with E-state index in [4.69, 9.17) is 0 Å². The van der Waals surface area contributed by atoms with Gasteiger partial charge in [0.1, 0.15) is 0 Å². The van der Waals surface area contributed by atoms with E-state index in [-0.39, 0.29) is 0 Å². The Labute approximate surface area is 66.1 Å². The van der Waals surface area contributed by atoms with Crippen LogP contribution in [-0.2, 0) is 0 Å². The summed E-state index contributed by atoms with van der Waals surface area (Å²) in [5.74, 6) is 0. The van der Waals surface area contributed by atoms with Crippen LogP contribution < -0.4 is 5.32 Å². The van der Waals surface area contributed by atoms with E-state index in [1.807, 2.05) is 0 Å². The lowest BCUT2D eigenvalue weighted by Crippen LogP contribution is -1.94. The molecule has 1 aromatic heterocycles. The lowest BCUT2D eigenvalue weighted by molar-refractivity contribution is 1.22. The minimum absolute atomic E-state index is 0.987. The highest BCUT2D eigenvalue weighted by molar-refractivity contribution is 7.14. The van der Waals surface area contributed by atoms with Crippen molar-refractivity contribution in [1.82, 2.24) is 0 Å². The Morgan fingerprint density at radius 3 is 2.80 bits per heavy atom. The van der Waals surface area contributed by atoms with Gasteiger partial charge in [-0.2, -0.15) is 0 Å². The van der Waals surface area contributed by atoms with Crippen LogP contribution in [0.5, 0.6) is 0 Å². The van der Waals surface area contributed by atoms with Gasteiger partial charge in [-0.25, -0.2) is 0 Å². The van der Waals surface area contributed by atoms with Gasteiger partial charge in [-0.05, 0) is 37.3 Å². The third-order valence-corrected chi connectivity index (χ3v) is 2.57. The van der Waals surface area contributed by atoms with Gasteiger partial charge in [-0.1, -0.05) is 0 Å². The molecule has 0 aromatic carbocycles. The molecule has 0 aliphatic carbocycles. The average molecular weight is 154 g/mol. The van der Waals surface area contributed by atoms with Crippen molar-refractivity contribution >= 4 is 16.3 Å². The van der Waals surface area contributed by atoms with Crippen molar-refractivity contribution in [3.8, 4) is 0 Å². The molecular weight excluding hydrogens is 142 g/mol. The second-order valence-electron chi connectivity index (χ2n) is 2.25. The van der Waals surface area contributed by atoms with Gasteiger partial charge in [0.15, 0.2) is 0 Å². The van der Waals surface area contributed by atoms with Crippen LogP contribution in [0.4, 0.5) is 5.00 Å². The fourth-order valence-corrected chi connectivity index (χ4v) is 1.76. The van der Waals surface area contributed by atoms with Gasteiger partial charge in [-0.15, -0.1) is 11.3 Å². The Bertz CT molecular complexity index is 215. The summed E-state index contributed by atoms with van der Waals surface area (Å²) < 4.78 is 0. The first-order chi connectivity index (χ1) is 4.75. The van der Waals surface area contributed by atoms with E-state index in [2.05, 4.69) is 31.5 Å². The Hall–Kier alpha value is -0.500. The van der Waals surface area contributed by atoms with E-state index in [9.17, 15) is 0 Å². The standard InChI is InChI=1S/C8H12NS/c1-4-9-8-7(3)6(2)5-10-8/h5,9H,2,4H2,1,3H3. The van der Waals surface area contributed by atoms with Gasteiger partial charge in [0.05, 0.1) is 5.00 Å². The van der Waals surface area contributed by atoms with Crippen LogP contribution in [0.3, 0.4) is 0 Å². The van der Waals surface area contributed by atoms with E-state index < -0.39 is 0 Å². The van der Waals surface area contributed by atoms with E-state index >= 15 is 0 Å².